The summed E-state index contributed by atoms with van der Waals surface area (Å²) in [7, 11) is 0. The first-order valence-corrected chi connectivity index (χ1v) is 10.9. The summed E-state index contributed by atoms with van der Waals surface area (Å²) >= 11 is 15.4. The molecule has 0 aliphatic carbocycles. The minimum atomic E-state index is -0.872. The number of nitrogens with one attached hydrogen (secondary N) is 2. The lowest BCUT2D eigenvalue weighted by Gasteiger charge is -2.08. The Morgan fingerprint density at radius 2 is 1.78 bits per heavy atom. The number of benzene rings is 3. The van der Waals surface area contributed by atoms with Crippen molar-refractivity contribution in [2.75, 3.05) is 5.32 Å². The average molecular weight is 535 g/mol. The topological polar surface area (TPSA) is 79.8 Å². The molecule has 0 radical (unpaired) electrons. The van der Waals surface area contributed by atoms with E-state index in [2.05, 4.69) is 31.8 Å². The maximum atomic E-state index is 12.0. The Hall–Kier alpha value is -2.87. The van der Waals surface area contributed by atoms with Gasteiger partial charge in [0.25, 0.3) is 0 Å². The van der Waals surface area contributed by atoms with Gasteiger partial charge in [-0.15, -0.1) is 0 Å². The van der Waals surface area contributed by atoms with E-state index in [1.165, 1.54) is 6.21 Å². The summed E-state index contributed by atoms with van der Waals surface area (Å²) in [6.45, 7) is 2.13. The summed E-state index contributed by atoms with van der Waals surface area (Å²) in [6, 6.07) is 17.6. The van der Waals surface area contributed by atoms with Crippen molar-refractivity contribution < 1.29 is 14.3 Å². The highest BCUT2D eigenvalue weighted by molar-refractivity contribution is 9.10. The fourth-order valence-corrected chi connectivity index (χ4v) is 3.55. The molecular formula is C23H18BrCl2N3O3. The first kappa shape index (κ1) is 23.8. The van der Waals surface area contributed by atoms with Gasteiger partial charge >= 0.3 is 11.8 Å². The van der Waals surface area contributed by atoms with Gasteiger partial charge in [0.1, 0.15) is 12.4 Å². The summed E-state index contributed by atoms with van der Waals surface area (Å²) in [5, 5.41) is 7.47. The summed E-state index contributed by atoms with van der Waals surface area (Å²) in [5.74, 6) is -1.04. The molecule has 6 nitrogen and oxygen atoms in total. The van der Waals surface area contributed by atoms with E-state index in [0.29, 0.717) is 33.7 Å². The van der Waals surface area contributed by atoms with Crippen molar-refractivity contribution in [3.8, 4) is 5.75 Å². The van der Waals surface area contributed by atoms with E-state index in [-0.39, 0.29) is 0 Å². The fourth-order valence-electron chi connectivity index (χ4n) is 2.61. The van der Waals surface area contributed by atoms with Gasteiger partial charge in [-0.3, -0.25) is 9.59 Å². The fraction of sp³-hybridized carbons (Fsp3) is 0.0870. The zero-order valence-electron chi connectivity index (χ0n) is 16.9. The lowest BCUT2D eigenvalue weighted by atomic mass is 10.2. The summed E-state index contributed by atoms with van der Waals surface area (Å²) in [5.41, 5.74) is 5.11. The molecule has 0 saturated carbocycles. The number of ether oxygens (including phenoxy) is 1. The lowest BCUT2D eigenvalue weighted by Crippen LogP contribution is -2.32. The van der Waals surface area contributed by atoms with Crippen molar-refractivity contribution in [3.63, 3.8) is 0 Å². The van der Waals surface area contributed by atoms with Crippen molar-refractivity contribution in [3.05, 3.63) is 91.9 Å². The normalized spacial score (nSPS) is 10.8. The maximum absolute atomic E-state index is 12.0. The minimum Gasteiger partial charge on any atom is -0.489 e. The average Bonchev–Trinajstić information content (AvgIpc) is 2.76. The van der Waals surface area contributed by atoms with Crippen molar-refractivity contribution in [1.29, 1.82) is 0 Å². The van der Waals surface area contributed by atoms with Gasteiger partial charge in [0.15, 0.2) is 0 Å². The molecule has 32 heavy (non-hydrogen) atoms. The van der Waals surface area contributed by atoms with Crippen molar-refractivity contribution in [2.45, 2.75) is 13.5 Å². The quantitative estimate of drug-likeness (QED) is 0.241. The second kappa shape index (κ2) is 11.1. The van der Waals surface area contributed by atoms with Crippen LogP contribution in [0.2, 0.25) is 10.0 Å². The number of amides is 2. The smallest absolute Gasteiger partial charge is 0.329 e. The molecule has 0 fully saturated rings. The number of hydrogen-bond acceptors (Lipinski definition) is 4. The van der Waals surface area contributed by atoms with Crippen molar-refractivity contribution >= 4 is 62.8 Å². The third kappa shape index (κ3) is 6.82. The maximum Gasteiger partial charge on any atom is 0.329 e. The van der Waals surface area contributed by atoms with Gasteiger partial charge in [-0.25, -0.2) is 5.43 Å². The highest BCUT2D eigenvalue weighted by Gasteiger charge is 2.14. The molecule has 0 unspecified atom stereocenters. The second-order valence-corrected chi connectivity index (χ2v) is 8.47. The van der Waals surface area contributed by atoms with Crippen LogP contribution in [0.25, 0.3) is 0 Å². The Kier molecular flexibility index (Phi) is 8.27. The highest BCUT2D eigenvalue weighted by Crippen LogP contribution is 2.23. The first-order valence-electron chi connectivity index (χ1n) is 9.39. The Labute approximate surface area is 203 Å². The Bertz CT molecular complexity index is 1170. The van der Waals surface area contributed by atoms with E-state index in [0.717, 1.165) is 15.6 Å². The zero-order chi connectivity index (χ0) is 23.1. The molecule has 3 rings (SSSR count). The van der Waals surface area contributed by atoms with E-state index < -0.39 is 11.8 Å². The lowest BCUT2D eigenvalue weighted by molar-refractivity contribution is -0.136. The standard InChI is InChI=1S/C23H18BrCl2N3O3/c1-14-10-17(24)5-9-21(14)28-22(30)23(31)29-27-12-15-2-7-19(8-3-15)32-13-16-4-6-18(25)11-20(16)26/h2-12H,13H2,1H3,(H,28,30)(H,29,31)/b27-12+. The van der Waals surface area contributed by atoms with Crippen molar-refractivity contribution in [1.82, 2.24) is 5.43 Å². The molecule has 0 aliphatic rings. The van der Waals surface area contributed by atoms with E-state index in [9.17, 15) is 9.59 Å². The molecule has 0 spiro atoms. The zero-order valence-corrected chi connectivity index (χ0v) is 20.0. The van der Waals surface area contributed by atoms with Gasteiger partial charge in [-0.1, -0.05) is 45.2 Å². The highest BCUT2D eigenvalue weighted by atomic mass is 79.9. The van der Waals surface area contributed by atoms with Gasteiger partial charge < -0.3 is 10.1 Å². The van der Waals surface area contributed by atoms with Gasteiger partial charge in [0.05, 0.1) is 6.21 Å². The monoisotopic (exact) mass is 533 g/mol. The molecule has 0 saturated heterocycles. The van der Waals surface area contributed by atoms with E-state index >= 15 is 0 Å². The van der Waals surface area contributed by atoms with Crippen LogP contribution in [0.15, 0.2) is 70.2 Å². The Morgan fingerprint density at radius 3 is 2.47 bits per heavy atom. The predicted octanol–water partition coefficient (Wildman–Crippen LogP) is 5.73. The summed E-state index contributed by atoms with van der Waals surface area (Å²) in [6.07, 6.45) is 1.43. The number of nitrogens with zero attached hydrogens (tertiary/aromatic N) is 1. The Balaban J connectivity index is 1.49. The van der Waals surface area contributed by atoms with Crippen LogP contribution in [-0.4, -0.2) is 18.0 Å². The van der Waals surface area contributed by atoms with Gasteiger partial charge in [0.2, 0.25) is 0 Å². The number of aryl methyl sites for hydroxylation is 1. The predicted molar refractivity (Wildman–Crippen MR) is 130 cm³/mol. The largest absolute Gasteiger partial charge is 0.489 e. The SMILES string of the molecule is Cc1cc(Br)ccc1NC(=O)C(=O)N/N=C/c1ccc(OCc2ccc(Cl)cc2Cl)cc1. The van der Waals surface area contributed by atoms with E-state index in [1.807, 2.05) is 19.1 Å². The van der Waals surface area contributed by atoms with Crippen LogP contribution in [0.4, 0.5) is 5.69 Å². The number of hydrazone groups is 1. The molecule has 2 amide bonds. The Morgan fingerprint density at radius 1 is 1.03 bits per heavy atom. The molecule has 3 aromatic rings. The molecular weight excluding hydrogens is 517 g/mol. The summed E-state index contributed by atoms with van der Waals surface area (Å²) in [4.78, 5) is 24.0. The third-order valence-electron chi connectivity index (χ3n) is 4.31. The third-order valence-corrected chi connectivity index (χ3v) is 5.39. The number of rotatable bonds is 6. The van der Waals surface area contributed by atoms with Crippen LogP contribution in [0, 0.1) is 6.92 Å². The van der Waals surface area contributed by atoms with Crippen LogP contribution in [0.3, 0.4) is 0 Å². The van der Waals surface area contributed by atoms with Crippen molar-refractivity contribution in [2.24, 2.45) is 5.10 Å². The number of halogens is 3. The van der Waals surface area contributed by atoms with Crippen LogP contribution >= 0.6 is 39.1 Å². The van der Waals surface area contributed by atoms with Gasteiger partial charge in [-0.05, 0) is 72.6 Å². The van der Waals surface area contributed by atoms with Crippen LogP contribution in [-0.2, 0) is 16.2 Å². The van der Waals surface area contributed by atoms with E-state index in [1.54, 1.807) is 48.5 Å². The molecule has 164 valence electrons. The summed E-state index contributed by atoms with van der Waals surface area (Å²) < 4.78 is 6.60. The first-order chi connectivity index (χ1) is 15.3. The van der Waals surface area contributed by atoms with Crippen LogP contribution < -0.4 is 15.5 Å². The molecule has 0 atom stereocenters. The van der Waals surface area contributed by atoms with Gasteiger partial charge in [-0.2, -0.15) is 5.10 Å². The molecule has 0 bridgehead atoms. The minimum absolute atomic E-state index is 0.298. The van der Waals surface area contributed by atoms with E-state index in [4.69, 9.17) is 27.9 Å². The number of hydrogen-bond donors (Lipinski definition) is 2. The molecule has 0 aromatic heterocycles. The van der Waals surface area contributed by atoms with Crippen LogP contribution in [0.1, 0.15) is 16.7 Å². The van der Waals surface area contributed by atoms with Gasteiger partial charge in [0, 0.05) is 25.8 Å². The molecule has 2 N–H and O–H groups in total. The molecule has 0 aliphatic heterocycles. The molecule has 9 heteroatoms. The number of carbonyl (C=O) groups excluding carboxylic acids is 2. The second-order valence-electron chi connectivity index (χ2n) is 6.71. The van der Waals surface area contributed by atoms with Crippen LogP contribution in [0.5, 0.6) is 5.75 Å². The number of carbonyl (C=O) groups is 2. The molecule has 3 aromatic carbocycles. The number of anilines is 1. The molecule has 0 heterocycles.